The summed E-state index contributed by atoms with van der Waals surface area (Å²) in [6.07, 6.45) is 1.38. The zero-order valence-corrected chi connectivity index (χ0v) is 18.0. The molecule has 0 aliphatic rings. The van der Waals surface area contributed by atoms with Gasteiger partial charge in [0.1, 0.15) is 5.70 Å². The van der Waals surface area contributed by atoms with Crippen LogP contribution in [0.4, 0.5) is 0 Å². The number of para-hydroxylation sites is 1. The van der Waals surface area contributed by atoms with Crippen LogP contribution in [0.2, 0.25) is 0 Å². The Morgan fingerprint density at radius 2 is 1.61 bits per heavy atom. The van der Waals surface area contributed by atoms with Gasteiger partial charge in [-0.05, 0) is 42.0 Å². The first-order valence-corrected chi connectivity index (χ1v) is 10.5. The molecule has 4 aromatic rings. The van der Waals surface area contributed by atoms with Crippen LogP contribution in [0.25, 0.3) is 27.9 Å². The van der Waals surface area contributed by atoms with Crippen LogP contribution in [0, 0.1) is 0 Å². The Morgan fingerprint density at radius 3 is 2.36 bits per heavy atom. The van der Waals surface area contributed by atoms with Gasteiger partial charge in [0, 0.05) is 41.0 Å². The Bertz CT molecular complexity index is 1390. The zero-order chi connectivity index (χ0) is 23.4. The van der Waals surface area contributed by atoms with Crippen molar-refractivity contribution in [3.05, 3.63) is 89.6 Å². The van der Waals surface area contributed by atoms with Crippen LogP contribution in [0.3, 0.4) is 0 Å². The van der Waals surface area contributed by atoms with Gasteiger partial charge in [0.2, 0.25) is 0 Å². The maximum Gasteiger partial charge on any atom is 0.305 e. The molecule has 0 fully saturated rings. The summed E-state index contributed by atoms with van der Waals surface area (Å²) in [5, 5.41) is 16.2. The number of carbonyl (C=O) groups is 3. The van der Waals surface area contributed by atoms with Gasteiger partial charge in [-0.3, -0.25) is 14.4 Å². The normalized spacial score (nSPS) is 11.5. The summed E-state index contributed by atoms with van der Waals surface area (Å²) in [5.74, 6) is -2.00. The highest BCUT2D eigenvalue weighted by atomic mass is 16.4. The first kappa shape index (κ1) is 21.8. The van der Waals surface area contributed by atoms with Crippen molar-refractivity contribution in [2.24, 2.45) is 7.05 Å². The topological polar surface area (TPSA) is 100 Å². The first-order chi connectivity index (χ1) is 15.9. The molecule has 0 saturated heterocycles. The lowest BCUT2D eigenvalue weighted by molar-refractivity contribution is -0.136. The van der Waals surface area contributed by atoms with Crippen molar-refractivity contribution >= 4 is 45.7 Å². The molecule has 3 aromatic carbocycles. The fraction of sp³-hybridized carbons (Fsp3) is 0.115. The Morgan fingerprint density at radius 1 is 0.909 bits per heavy atom. The maximum atomic E-state index is 12.8. The quantitative estimate of drug-likeness (QED) is 0.381. The molecule has 0 atom stereocenters. The van der Waals surface area contributed by atoms with Crippen molar-refractivity contribution < 1.29 is 19.5 Å². The van der Waals surface area contributed by atoms with Crippen LogP contribution >= 0.6 is 0 Å². The van der Waals surface area contributed by atoms with Gasteiger partial charge in [-0.1, -0.05) is 42.5 Å². The van der Waals surface area contributed by atoms with Gasteiger partial charge in [-0.15, -0.1) is 0 Å². The van der Waals surface area contributed by atoms with Crippen LogP contribution in [-0.4, -0.2) is 34.0 Å². The Hall–Kier alpha value is -4.39. The predicted octanol–water partition coefficient (Wildman–Crippen LogP) is 3.69. The average Bonchev–Trinajstić information content (AvgIpc) is 3.10. The smallest absolute Gasteiger partial charge is 0.305 e. The molecule has 0 saturated carbocycles. The summed E-state index contributed by atoms with van der Waals surface area (Å²) in [4.78, 5) is 36.3. The lowest BCUT2D eigenvalue weighted by Crippen LogP contribution is -2.35. The Kier molecular flexibility index (Phi) is 6.22. The second-order valence-corrected chi connectivity index (χ2v) is 7.63. The molecule has 1 heterocycles. The van der Waals surface area contributed by atoms with Gasteiger partial charge in [0.25, 0.3) is 11.8 Å². The van der Waals surface area contributed by atoms with E-state index in [-0.39, 0.29) is 18.7 Å². The third-order valence-corrected chi connectivity index (χ3v) is 5.40. The molecule has 0 unspecified atom stereocenters. The predicted molar refractivity (Wildman–Crippen MR) is 128 cm³/mol. The molecule has 0 spiro atoms. The van der Waals surface area contributed by atoms with Crippen molar-refractivity contribution in [1.29, 1.82) is 0 Å². The summed E-state index contributed by atoms with van der Waals surface area (Å²) in [5.41, 5.74) is 3.32. The van der Waals surface area contributed by atoms with E-state index < -0.39 is 17.8 Å². The van der Waals surface area contributed by atoms with E-state index in [0.29, 0.717) is 5.56 Å². The van der Waals surface area contributed by atoms with Gasteiger partial charge in [-0.2, -0.15) is 0 Å². The third-order valence-electron chi connectivity index (χ3n) is 5.40. The molecule has 7 heteroatoms. The van der Waals surface area contributed by atoms with Crippen molar-refractivity contribution in [2.45, 2.75) is 6.42 Å². The molecule has 1 aromatic heterocycles. The molecule has 33 heavy (non-hydrogen) atoms. The molecule has 0 aliphatic carbocycles. The lowest BCUT2D eigenvalue weighted by Gasteiger charge is -2.11. The molecular formula is C26H23N3O4. The molecule has 2 amide bonds. The number of nitrogens with zero attached hydrogens (tertiary/aromatic N) is 1. The number of fused-ring (bicyclic) bond motifs is 3. The zero-order valence-electron chi connectivity index (χ0n) is 18.0. The summed E-state index contributed by atoms with van der Waals surface area (Å²) in [7, 11) is 2.00. The number of nitrogens with one attached hydrogen (secondary N) is 2. The molecule has 0 bridgehead atoms. The molecule has 166 valence electrons. The summed E-state index contributed by atoms with van der Waals surface area (Å²) in [6, 6.07) is 22.4. The van der Waals surface area contributed by atoms with E-state index >= 15 is 0 Å². The van der Waals surface area contributed by atoms with Gasteiger partial charge in [0.15, 0.2) is 0 Å². The Labute approximate surface area is 190 Å². The molecule has 7 nitrogen and oxygen atoms in total. The number of benzene rings is 3. The van der Waals surface area contributed by atoms with Gasteiger partial charge < -0.3 is 20.3 Å². The fourth-order valence-corrected chi connectivity index (χ4v) is 3.76. The van der Waals surface area contributed by atoms with Crippen molar-refractivity contribution in [2.75, 3.05) is 6.54 Å². The number of amides is 2. The lowest BCUT2D eigenvalue weighted by atomic mass is 10.1. The monoisotopic (exact) mass is 441 g/mol. The number of hydrogen-bond acceptors (Lipinski definition) is 3. The fourth-order valence-electron chi connectivity index (χ4n) is 3.76. The second-order valence-electron chi connectivity index (χ2n) is 7.63. The maximum absolute atomic E-state index is 12.8. The van der Waals surface area contributed by atoms with E-state index in [2.05, 4.69) is 15.2 Å². The minimum atomic E-state index is -1.02. The standard InChI is InChI=1S/C26H23N3O4/c1-29-22-10-6-5-9-19(22)20-15-17(11-12-23(20)29)16-21(26(33)27-14-13-24(30)31)28-25(32)18-7-3-2-4-8-18/h2-12,15-16H,13-14H2,1H3,(H,27,33)(H,28,32)(H,30,31)/b21-16+. The van der Waals surface area contributed by atoms with E-state index in [1.807, 2.05) is 49.5 Å². The highest BCUT2D eigenvalue weighted by Gasteiger charge is 2.15. The number of carboxylic acids is 1. The third kappa shape index (κ3) is 4.77. The molecular weight excluding hydrogens is 418 g/mol. The number of rotatable bonds is 7. The van der Waals surface area contributed by atoms with E-state index in [1.54, 1.807) is 36.4 Å². The van der Waals surface area contributed by atoms with Gasteiger partial charge >= 0.3 is 5.97 Å². The van der Waals surface area contributed by atoms with Crippen LogP contribution < -0.4 is 10.6 Å². The summed E-state index contributed by atoms with van der Waals surface area (Å²) >= 11 is 0. The molecule has 4 rings (SSSR count). The highest BCUT2D eigenvalue weighted by Crippen LogP contribution is 2.29. The van der Waals surface area contributed by atoms with Crippen molar-refractivity contribution in [1.82, 2.24) is 15.2 Å². The first-order valence-electron chi connectivity index (χ1n) is 10.5. The molecule has 0 aliphatic heterocycles. The van der Waals surface area contributed by atoms with E-state index in [9.17, 15) is 14.4 Å². The van der Waals surface area contributed by atoms with Crippen LogP contribution in [0.1, 0.15) is 22.3 Å². The SMILES string of the molecule is Cn1c2ccccc2c2cc(/C=C(/NC(=O)c3ccccc3)C(=O)NCCC(=O)O)ccc21. The number of hydrogen-bond donors (Lipinski definition) is 3. The Balaban J connectivity index is 1.70. The van der Waals surface area contributed by atoms with Crippen molar-refractivity contribution in [3.63, 3.8) is 0 Å². The average molecular weight is 441 g/mol. The number of aryl methyl sites for hydroxylation is 1. The van der Waals surface area contributed by atoms with Crippen LogP contribution in [0.5, 0.6) is 0 Å². The number of aliphatic carboxylic acids is 1. The van der Waals surface area contributed by atoms with E-state index in [4.69, 9.17) is 5.11 Å². The molecule has 3 N–H and O–H groups in total. The number of carboxylic acid groups (broad SMARTS) is 1. The minimum Gasteiger partial charge on any atom is -0.481 e. The van der Waals surface area contributed by atoms with E-state index in [1.165, 1.54) is 0 Å². The number of aromatic nitrogens is 1. The molecule has 0 radical (unpaired) electrons. The van der Waals surface area contributed by atoms with Gasteiger partial charge in [0.05, 0.1) is 6.42 Å². The van der Waals surface area contributed by atoms with Crippen LogP contribution in [-0.2, 0) is 16.6 Å². The van der Waals surface area contributed by atoms with Crippen LogP contribution in [0.15, 0.2) is 78.5 Å². The number of carbonyl (C=O) groups excluding carboxylic acids is 2. The summed E-state index contributed by atoms with van der Waals surface area (Å²) < 4.78 is 2.11. The highest BCUT2D eigenvalue weighted by molar-refractivity contribution is 6.09. The van der Waals surface area contributed by atoms with E-state index in [0.717, 1.165) is 27.4 Å². The largest absolute Gasteiger partial charge is 0.481 e. The minimum absolute atomic E-state index is 0.0360. The second kappa shape index (κ2) is 9.40. The summed E-state index contributed by atoms with van der Waals surface area (Å²) in [6.45, 7) is -0.0466. The van der Waals surface area contributed by atoms with Gasteiger partial charge in [-0.25, -0.2) is 0 Å². The van der Waals surface area contributed by atoms with Crippen molar-refractivity contribution in [3.8, 4) is 0 Å².